The monoisotopic (exact) mass is 422 g/mol. The van der Waals surface area contributed by atoms with Crippen LogP contribution in [-0.2, 0) is 13.0 Å². The summed E-state index contributed by atoms with van der Waals surface area (Å²) >= 11 is 10.2. The molecule has 2 rings (SSSR count). The zero-order valence-corrected chi connectivity index (χ0v) is 15.5. The van der Waals surface area contributed by atoms with Crippen LogP contribution in [0.15, 0.2) is 18.2 Å². The molecule has 2 aromatic rings. The number of imidazole rings is 1. The van der Waals surface area contributed by atoms with E-state index in [2.05, 4.69) is 51.6 Å². The van der Waals surface area contributed by atoms with Gasteiger partial charge in [0.25, 0.3) is 0 Å². The minimum atomic E-state index is 0.632. The van der Waals surface area contributed by atoms with Crippen molar-refractivity contribution in [3.05, 3.63) is 27.6 Å². The number of aromatic nitrogens is 2. The Bertz CT molecular complexity index is 556. The summed E-state index contributed by atoms with van der Waals surface area (Å²) in [4.78, 5) is 4.75. The molecular weight excluding hydrogens is 403 g/mol. The Kier molecular flexibility index (Phi) is 6.97. The number of unbranched alkanes of at least 4 members (excludes halogenated alkanes) is 2. The zero-order chi connectivity index (χ0) is 14.4. The topological polar surface area (TPSA) is 17.8 Å². The average Bonchev–Trinajstić information content (AvgIpc) is 2.76. The molecule has 0 aliphatic rings. The van der Waals surface area contributed by atoms with Crippen LogP contribution in [0.25, 0.3) is 11.0 Å². The Hall–Kier alpha value is 0.0600. The van der Waals surface area contributed by atoms with E-state index in [1.54, 1.807) is 0 Å². The van der Waals surface area contributed by atoms with Crippen molar-refractivity contribution in [3.63, 3.8) is 0 Å². The van der Waals surface area contributed by atoms with Gasteiger partial charge in [0.1, 0.15) is 5.82 Å². The number of nitrogens with zero attached hydrogens (tertiary/aromatic N) is 2. The van der Waals surface area contributed by atoms with Gasteiger partial charge in [-0.1, -0.05) is 6.42 Å². The van der Waals surface area contributed by atoms with Gasteiger partial charge in [0.05, 0.1) is 11.0 Å². The van der Waals surface area contributed by atoms with Gasteiger partial charge in [0, 0.05) is 22.4 Å². The van der Waals surface area contributed by atoms with Crippen molar-refractivity contribution in [2.24, 2.45) is 0 Å². The maximum Gasteiger partial charge on any atom is 0.111 e. The molecule has 0 amide bonds. The fraction of sp³-hybridized carbons (Fsp3) is 0.533. The first kappa shape index (κ1) is 16.4. The molecule has 0 unspecified atom stereocenters. The van der Waals surface area contributed by atoms with Crippen molar-refractivity contribution in [2.75, 3.05) is 17.9 Å². The van der Waals surface area contributed by atoms with E-state index in [9.17, 15) is 0 Å². The molecule has 20 heavy (non-hydrogen) atoms. The van der Waals surface area contributed by atoms with Crippen LogP contribution in [-0.4, -0.2) is 27.4 Å². The Balaban J connectivity index is 2.13. The van der Waals surface area contributed by atoms with Crippen molar-refractivity contribution < 1.29 is 0 Å². The molecular formula is C15H20ClIN2S. The van der Waals surface area contributed by atoms with Crippen molar-refractivity contribution in [3.8, 4) is 0 Å². The molecule has 0 atom stereocenters. The summed E-state index contributed by atoms with van der Waals surface area (Å²) in [5.74, 6) is 3.02. The van der Waals surface area contributed by atoms with Gasteiger partial charge < -0.3 is 4.57 Å². The van der Waals surface area contributed by atoms with Crippen LogP contribution < -0.4 is 0 Å². The average molecular weight is 423 g/mol. The van der Waals surface area contributed by atoms with E-state index in [-0.39, 0.29) is 0 Å². The Morgan fingerprint density at radius 2 is 2.15 bits per heavy atom. The lowest BCUT2D eigenvalue weighted by molar-refractivity contribution is 0.596. The number of benzene rings is 1. The lowest BCUT2D eigenvalue weighted by Gasteiger charge is -2.08. The van der Waals surface area contributed by atoms with Crippen molar-refractivity contribution >= 4 is 57.0 Å². The van der Waals surface area contributed by atoms with Gasteiger partial charge in [-0.15, -0.1) is 11.6 Å². The van der Waals surface area contributed by atoms with Gasteiger partial charge in [-0.2, -0.15) is 11.8 Å². The SMILES string of the molecule is CSCCCCCn1c(CCCl)nc2cc(I)ccc21. The van der Waals surface area contributed by atoms with E-state index in [0.29, 0.717) is 5.88 Å². The van der Waals surface area contributed by atoms with Gasteiger partial charge in [0.15, 0.2) is 0 Å². The number of hydrogen-bond donors (Lipinski definition) is 0. The Morgan fingerprint density at radius 1 is 1.30 bits per heavy atom. The van der Waals surface area contributed by atoms with Gasteiger partial charge in [-0.3, -0.25) is 0 Å². The predicted octanol–water partition coefficient (Wildman–Crippen LogP) is 4.96. The summed E-state index contributed by atoms with van der Waals surface area (Å²) in [6.45, 7) is 1.05. The van der Waals surface area contributed by atoms with Crippen LogP contribution >= 0.6 is 46.0 Å². The van der Waals surface area contributed by atoms with Crippen LogP contribution in [0.2, 0.25) is 0 Å². The quantitative estimate of drug-likeness (QED) is 0.340. The summed E-state index contributed by atoms with van der Waals surface area (Å²) < 4.78 is 3.59. The van der Waals surface area contributed by atoms with Gasteiger partial charge >= 0.3 is 0 Å². The fourth-order valence-electron chi connectivity index (χ4n) is 2.37. The number of halogens is 2. The second-order valence-corrected chi connectivity index (χ2v) is 7.41. The van der Waals surface area contributed by atoms with E-state index in [0.717, 1.165) is 24.3 Å². The highest BCUT2D eigenvalue weighted by molar-refractivity contribution is 14.1. The molecule has 0 radical (unpaired) electrons. The third kappa shape index (κ3) is 4.28. The number of fused-ring (bicyclic) bond motifs is 1. The van der Waals surface area contributed by atoms with Crippen molar-refractivity contribution in [2.45, 2.75) is 32.2 Å². The molecule has 0 fully saturated rings. The molecule has 5 heteroatoms. The van der Waals surface area contributed by atoms with Crippen LogP contribution in [0.5, 0.6) is 0 Å². The summed E-state index contributed by atoms with van der Waals surface area (Å²) in [6.07, 6.45) is 6.82. The van der Waals surface area contributed by atoms with Gasteiger partial charge in [0.2, 0.25) is 0 Å². The number of rotatable bonds is 8. The lowest BCUT2D eigenvalue weighted by atomic mass is 10.2. The van der Waals surface area contributed by atoms with Gasteiger partial charge in [-0.25, -0.2) is 4.98 Å². The number of hydrogen-bond acceptors (Lipinski definition) is 2. The largest absolute Gasteiger partial charge is 0.328 e. The molecule has 1 heterocycles. The van der Waals surface area contributed by atoms with Crippen LogP contribution in [0.4, 0.5) is 0 Å². The maximum absolute atomic E-state index is 5.91. The smallest absolute Gasteiger partial charge is 0.111 e. The normalized spacial score (nSPS) is 11.3. The Labute approximate surface area is 143 Å². The molecule has 0 saturated heterocycles. The van der Waals surface area contributed by atoms with Crippen molar-refractivity contribution in [1.29, 1.82) is 0 Å². The molecule has 0 aliphatic heterocycles. The van der Waals surface area contributed by atoms with Crippen LogP contribution in [0.1, 0.15) is 25.1 Å². The molecule has 1 aromatic carbocycles. The first-order valence-electron chi connectivity index (χ1n) is 6.96. The van der Waals surface area contributed by atoms with Crippen molar-refractivity contribution in [1.82, 2.24) is 9.55 Å². The molecule has 0 bridgehead atoms. The molecule has 0 N–H and O–H groups in total. The van der Waals surface area contributed by atoms with E-state index in [4.69, 9.17) is 16.6 Å². The second kappa shape index (κ2) is 8.49. The fourth-order valence-corrected chi connectivity index (χ4v) is 3.51. The first-order chi connectivity index (χ1) is 9.76. The second-order valence-electron chi connectivity index (χ2n) is 4.81. The first-order valence-corrected chi connectivity index (χ1v) is 9.96. The highest BCUT2D eigenvalue weighted by atomic mass is 127. The minimum absolute atomic E-state index is 0.632. The Morgan fingerprint density at radius 3 is 2.90 bits per heavy atom. The maximum atomic E-state index is 5.91. The summed E-state index contributed by atoms with van der Waals surface area (Å²) in [5.41, 5.74) is 2.34. The molecule has 2 nitrogen and oxygen atoms in total. The molecule has 110 valence electrons. The molecule has 0 aliphatic carbocycles. The number of alkyl halides is 1. The lowest BCUT2D eigenvalue weighted by Crippen LogP contribution is -2.05. The van der Waals surface area contributed by atoms with E-state index in [1.165, 1.54) is 34.1 Å². The molecule has 0 spiro atoms. The summed E-state index contributed by atoms with van der Waals surface area (Å²) in [6, 6.07) is 6.49. The van der Waals surface area contributed by atoms with Gasteiger partial charge in [-0.05, 0) is 65.6 Å². The molecule has 1 aromatic heterocycles. The summed E-state index contributed by atoms with van der Waals surface area (Å²) in [5, 5.41) is 0. The minimum Gasteiger partial charge on any atom is -0.328 e. The van der Waals surface area contributed by atoms with E-state index < -0.39 is 0 Å². The number of thioether (sulfide) groups is 1. The highest BCUT2D eigenvalue weighted by Gasteiger charge is 2.10. The number of aryl methyl sites for hydroxylation is 2. The van der Waals surface area contributed by atoms with Crippen LogP contribution in [0, 0.1) is 3.57 Å². The summed E-state index contributed by atoms with van der Waals surface area (Å²) in [7, 11) is 0. The van der Waals surface area contributed by atoms with Crippen LogP contribution in [0.3, 0.4) is 0 Å². The molecule has 0 saturated carbocycles. The zero-order valence-electron chi connectivity index (χ0n) is 11.7. The standard InChI is InChI=1S/C15H20ClIN2S/c1-20-10-4-2-3-9-19-14-6-5-12(17)11-13(14)18-15(19)7-8-16/h5-6,11H,2-4,7-10H2,1H3. The third-order valence-corrected chi connectivity index (χ3v) is 4.89. The highest BCUT2D eigenvalue weighted by Crippen LogP contribution is 2.20. The van der Waals surface area contributed by atoms with E-state index >= 15 is 0 Å². The van der Waals surface area contributed by atoms with E-state index in [1.807, 2.05) is 11.8 Å². The predicted molar refractivity (Wildman–Crippen MR) is 99.1 cm³/mol. The third-order valence-electron chi connectivity index (χ3n) is 3.34.